The minimum Gasteiger partial charge on any atom is -0.397 e. The molecule has 0 unspecified atom stereocenters. The lowest BCUT2D eigenvalue weighted by atomic mass is 10.2. The van der Waals surface area contributed by atoms with Crippen LogP contribution in [-0.4, -0.2) is 10.2 Å². The first-order valence-electron chi connectivity index (χ1n) is 5.41. The third kappa shape index (κ3) is 1.74. The lowest BCUT2D eigenvalue weighted by molar-refractivity contribution is 0.967. The first-order valence-corrected chi connectivity index (χ1v) is 5.41. The molecule has 3 rings (SSSR count). The van der Waals surface area contributed by atoms with Crippen molar-refractivity contribution in [3.8, 4) is 0 Å². The minimum atomic E-state index is 0.679. The first-order chi connectivity index (χ1) is 7.83. The van der Waals surface area contributed by atoms with Crippen LogP contribution in [-0.2, 0) is 0 Å². The number of nitrogen functional groups attached to an aromatic ring is 1. The van der Waals surface area contributed by atoms with Gasteiger partial charge in [0.1, 0.15) is 0 Å². The molecule has 4 N–H and O–H groups in total. The average Bonchev–Trinajstić information content (AvgIpc) is 3.03. The number of hydrogen-bond donors (Lipinski definition) is 3. The lowest BCUT2D eigenvalue weighted by Crippen LogP contribution is -1.95. The van der Waals surface area contributed by atoms with Gasteiger partial charge in [0.05, 0.1) is 11.4 Å². The van der Waals surface area contributed by atoms with Crippen molar-refractivity contribution >= 4 is 17.2 Å². The molecule has 4 heteroatoms. The van der Waals surface area contributed by atoms with E-state index in [-0.39, 0.29) is 0 Å². The molecule has 2 aromatic rings. The number of H-pyrrole nitrogens is 1. The van der Waals surface area contributed by atoms with Gasteiger partial charge in [0, 0.05) is 23.7 Å². The Morgan fingerprint density at radius 2 is 2.38 bits per heavy atom. The summed E-state index contributed by atoms with van der Waals surface area (Å²) in [6.45, 7) is 0. The molecule has 1 aromatic carbocycles. The Labute approximate surface area is 93.9 Å². The highest BCUT2D eigenvalue weighted by atomic mass is 15.2. The number of nitrogens with zero attached hydrogens (tertiary/aromatic N) is 1. The van der Waals surface area contributed by atoms with E-state index in [2.05, 4.69) is 21.6 Å². The van der Waals surface area contributed by atoms with E-state index in [4.69, 9.17) is 5.73 Å². The summed E-state index contributed by atoms with van der Waals surface area (Å²) in [7, 11) is 0. The molecular weight excluding hydrogens is 200 g/mol. The highest BCUT2D eigenvalue weighted by molar-refractivity contribution is 5.70. The number of hydrogen-bond acceptors (Lipinski definition) is 3. The van der Waals surface area contributed by atoms with E-state index in [1.165, 1.54) is 18.5 Å². The van der Waals surface area contributed by atoms with Crippen molar-refractivity contribution in [2.75, 3.05) is 11.1 Å². The predicted molar refractivity (Wildman–Crippen MR) is 63.5 cm³/mol. The van der Waals surface area contributed by atoms with Crippen molar-refractivity contribution in [3.63, 3.8) is 0 Å². The number of rotatable bonds is 3. The summed E-state index contributed by atoms with van der Waals surface area (Å²) in [5.41, 5.74) is 8.47. The summed E-state index contributed by atoms with van der Waals surface area (Å²) in [4.78, 5) is 0. The van der Waals surface area contributed by atoms with Gasteiger partial charge in [0.2, 0.25) is 0 Å². The van der Waals surface area contributed by atoms with Gasteiger partial charge in [-0.15, -0.1) is 0 Å². The fourth-order valence-corrected chi connectivity index (χ4v) is 1.69. The second-order valence-electron chi connectivity index (χ2n) is 4.11. The molecule has 16 heavy (non-hydrogen) atoms. The molecule has 0 amide bonds. The molecule has 0 aliphatic heterocycles. The van der Waals surface area contributed by atoms with Crippen LogP contribution in [0, 0.1) is 6.07 Å². The fraction of sp³-hybridized carbons (Fsp3) is 0.250. The number of nitrogens with one attached hydrogen (secondary N) is 2. The van der Waals surface area contributed by atoms with Gasteiger partial charge in [-0.3, -0.25) is 5.10 Å². The highest BCUT2D eigenvalue weighted by Gasteiger charge is 2.25. The Kier molecular flexibility index (Phi) is 2.06. The van der Waals surface area contributed by atoms with Gasteiger partial charge in [-0.25, -0.2) is 0 Å². The Morgan fingerprint density at radius 1 is 1.50 bits per heavy atom. The molecule has 1 aliphatic carbocycles. The van der Waals surface area contributed by atoms with Gasteiger partial charge in [-0.1, -0.05) is 12.1 Å². The molecule has 1 heterocycles. The zero-order chi connectivity index (χ0) is 11.0. The van der Waals surface area contributed by atoms with E-state index in [0.717, 1.165) is 11.5 Å². The van der Waals surface area contributed by atoms with E-state index in [9.17, 15) is 0 Å². The van der Waals surface area contributed by atoms with Gasteiger partial charge in [-0.2, -0.15) is 5.10 Å². The molecule has 0 saturated heterocycles. The maximum atomic E-state index is 5.82. The zero-order valence-electron chi connectivity index (χ0n) is 8.83. The fourth-order valence-electron chi connectivity index (χ4n) is 1.69. The molecule has 81 valence electrons. The summed E-state index contributed by atoms with van der Waals surface area (Å²) < 4.78 is 0. The van der Waals surface area contributed by atoms with Gasteiger partial charge in [-0.05, 0) is 18.9 Å². The van der Waals surface area contributed by atoms with Gasteiger partial charge in [0.25, 0.3) is 0 Å². The number of nitrogens with two attached hydrogens (primary N) is 1. The van der Waals surface area contributed by atoms with E-state index in [1.54, 1.807) is 0 Å². The topological polar surface area (TPSA) is 66.7 Å². The molecule has 1 aromatic heterocycles. The maximum absolute atomic E-state index is 5.82. The van der Waals surface area contributed by atoms with Crippen molar-refractivity contribution in [3.05, 3.63) is 36.0 Å². The monoisotopic (exact) mass is 213 g/mol. The SMILES string of the molecule is Nc1ccc[c]c1Nc1cc(C2CC2)[nH]n1. The van der Waals surface area contributed by atoms with Gasteiger partial charge in [0.15, 0.2) is 5.82 Å². The van der Waals surface area contributed by atoms with Crippen LogP contribution in [0.4, 0.5) is 17.2 Å². The van der Waals surface area contributed by atoms with E-state index in [1.807, 2.05) is 24.3 Å². The number of aromatic nitrogens is 2. The first kappa shape index (κ1) is 9.27. The molecule has 1 fully saturated rings. The summed E-state index contributed by atoms with van der Waals surface area (Å²) in [6.07, 6.45) is 2.53. The summed E-state index contributed by atoms with van der Waals surface area (Å²) in [6, 6.07) is 10.6. The number of anilines is 3. The normalized spacial score (nSPS) is 15.0. The predicted octanol–water partition coefficient (Wildman–Crippen LogP) is 2.41. The highest BCUT2D eigenvalue weighted by Crippen LogP contribution is 2.39. The molecule has 0 spiro atoms. The lowest BCUT2D eigenvalue weighted by Gasteiger charge is -2.04. The van der Waals surface area contributed by atoms with Crippen molar-refractivity contribution in [1.29, 1.82) is 0 Å². The maximum Gasteiger partial charge on any atom is 0.152 e. The Morgan fingerprint density at radius 3 is 3.12 bits per heavy atom. The van der Waals surface area contributed by atoms with Crippen LogP contribution in [0.5, 0.6) is 0 Å². The summed E-state index contributed by atoms with van der Waals surface area (Å²) in [5, 5.41) is 10.4. The van der Waals surface area contributed by atoms with Crippen molar-refractivity contribution in [2.24, 2.45) is 0 Å². The molecule has 1 aliphatic rings. The minimum absolute atomic E-state index is 0.679. The Hall–Kier alpha value is -1.97. The number of para-hydroxylation sites is 1. The Balaban J connectivity index is 1.80. The van der Waals surface area contributed by atoms with Crippen LogP contribution in [0.25, 0.3) is 0 Å². The standard InChI is InChI=1S/C12H13N4/c13-9-3-1-2-4-10(9)14-12-7-11(15-16-12)8-5-6-8/h1-3,7-8H,5-6,13H2,(H2,14,15,16). The Bertz CT molecular complexity index is 499. The van der Waals surface area contributed by atoms with Crippen LogP contribution in [0.1, 0.15) is 24.5 Å². The molecule has 1 radical (unpaired) electrons. The smallest absolute Gasteiger partial charge is 0.152 e. The van der Waals surface area contributed by atoms with Gasteiger partial charge >= 0.3 is 0 Å². The van der Waals surface area contributed by atoms with Crippen molar-refractivity contribution in [2.45, 2.75) is 18.8 Å². The van der Waals surface area contributed by atoms with Crippen molar-refractivity contribution < 1.29 is 0 Å². The number of benzene rings is 1. The van der Waals surface area contributed by atoms with Gasteiger partial charge < -0.3 is 11.1 Å². The van der Waals surface area contributed by atoms with E-state index in [0.29, 0.717) is 11.6 Å². The molecular formula is C12H13N4. The van der Waals surface area contributed by atoms with Crippen LogP contribution >= 0.6 is 0 Å². The second kappa shape index (κ2) is 3.56. The van der Waals surface area contributed by atoms with Crippen LogP contribution in [0.3, 0.4) is 0 Å². The molecule has 4 nitrogen and oxygen atoms in total. The largest absolute Gasteiger partial charge is 0.397 e. The summed E-state index contributed by atoms with van der Waals surface area (Å²) in [5.74, 6) is 1.48. The zero-order valence-corrected chi connectivity index (χ0v) is 8.83. The molecule has 1 saturated carbocycles. The molecule has 0 atom stereocenters. The summed E-state index contributed by atoms with van der Waals surface area (Å²) >= 11 is 0. The van der Waals surface area contributed by atoms with Crippen LogP contribution in [0.15, 0.2) is 24.3 Å². The van der Waals surface area contributed by atoms with Crippen LogP contribution in [0.2, 0.25) is 0 Å². The van der Waals surface area contributed by atoms with E-state index >= 15 is 0 Å². The van der Waals surface area contributed by atoms with Crippen LogP contribution < -0.4 is 11.1 Å². The molecule has 0 bridgehead atoms. The second-order valence-corrected chi connectivity index (χ2v) is 4.11. The van der Waals surface area contributed by atoms with Crippen molar-refractivity contribution in [1.82, 2.24) is 10.2 Å². The van der Waals surface area contributed by atoms with E-state index < -0.39 is 0 Å². The quantitative estimate of drug-likeness (QED) is 0.686. The number of aromatic amines is 1. The third-order valence-electron chi connectivity index (χ3n) is 2.76. The average molecular weight is 213 g/mol. The third-order valence-corrected chi connectivity index (χ3v) is 2.76.